The fraction of sp³-hybridized carbons (Fsp3) is 0.556. The maximum atomic E-state index is 13.9. The van der Waals surface area contributed by atoms with Crippen LogP contribution in [0.1, 0.15) is 148 Å². The fourth-order valence-electron chi connectivity index (χ4n) is 11.4. The normalized spacial score (nSPS) is 31.6. The van der Waals surface area contributed by atoms with E-state index in [1.165, 1.54) is 51.6 Å². The van der Waals surface area contributed by atoms with E-state index in [1.807, 2.05) is 30.3 Å². The number of nitrogens with one attached hydrogen (secondary N) is 2. The van der Waals surface area contributed by atoms with Crippen LogP contribution in [-0.4, -0.2) is 46.8 Å². The maximum Gasteiger partial charge on any atom is 0.237 e. The van der Waals surface area contributed by atoms with Gasteiger partial charge >= 0.3 is 0 Å². The van der Waals surface area contributed by atoms with Crippen molar-refractivity contribution in [2.24, 2.45) is 11.8 Å². The van der Waals surface area contributed by atoms with Gasteiger partial charge in [0.15, 0.2) is 0 Å². The van der Waals surface area contributed by atoms with E-state index in [0.29, 0.717) is 36.0 Å². The topological polar surface area (TPSA) is 64.7 Å². The molecule has 0 spiro atoms. The van der Waals surface area contributed by atoms with Gasteiger partial charge in [-0.3, -0.25) is 19.4 Å². The average Bonchev–Trinajstić information content (AvgIpc) is 3.93. The molecule has 2 saturated carbocycles. The lowest BCUT2D eigenvalue weighted by molar-refractivity contribution is -0.132. The van der Waals surface area contributed by atoms with E-state index in [1.54, 1.807) is 22.3 Å². The number of benzene rings is 3. The van der Waals surface area contributed by atoms with Gasteiger partial charge in [-0.1, -0.05) is 78.9 Å². The van der Waals surface area contributed by atoms with Gasteiger partial charge in [0.2, 0.25) is 11.8 Å². The first-order valence-electron chi connectivity index (χ1n) is 20.5. The lowest BCUT2D eigenvalue weighted by Gasteiger charge is -2.33. The molecule has 268 valence electrons. The third-order valence-electron chi connectivity index (χ3n) is 14.1. The van der Waals surface area contributed by atoms with Crippen molar-refractivity contribution in [2.45, 2.75) is 132 Å². The molecule has 3 aromatic rings. The molecule has 4 unspecified atom stereocenters. The van der Waals surface area contributed by atoms with Crippen molar-refractivity contribution in [1.82, 2.24) is 20.4 Å². The van der Waals surface area contributed by atoms with Crippen molar-refractivity contribution in [1.29, 1.82) is 0 Å². The Hall–Kier alpha value is -3.48. The number of amides is 2. The predicted octanol–water partition coefficient (Wildman–Crippen LogP) is 8.68. The number of nitrogens with zero attached hydrogens (tertiary/aromatic N) is 2. The highest BCUT2D eigenvalue weighted by molar-refractivity contribution is 6.05. The molecule has 6 nitrogen and oxygen atoms in total. The van der Waals surface area contributed by atoms with Gasteiger partial charge in [-0.2, -0.15) is 0 Å². The summed E-state index contributed by atoms with van der Waals surface area (Å²) in [4.78, 5) is 33.3. The Morgan fingerprint density at radius 1 is 0.490 bits per heavy atom. The van der Waals surface area contributed by atoms with Crippen LogP contribution in [0.4, 0.5) is 0 Å². The number of hydrogen-bond acceptors (Lipinski definition) is 4. The fourth-order valence-corrected chi connectivity index (χ4v) is 11.4. The zero-order valence-corrected chi connectivity index (χ0v) is 30.2. The van der Waals surface area contributed by atoms with E-state index in [4.69, 9.17) is 0 Å². The van der Waals surface area contributed by atoms with E-state index in [9.17, 15) is 9.59 Å². The Morgan fingerprint density at radius 2 is 0.843 bits per heavy atom. The zero-order chi connectivity index (χ0) is 34.3. The largest absolute Gasteiger partial charge is 0.352 e. The number of rotatable bonds is 11. The summed E-state index contributed by atoms with van der Waals surface area (Å²) in [5.41, 5.74) is 7.05. The molecule has 4 fully saturated rings. The minimum absolute atomic E-state index is 0.136. The second-order valence-corrected chi connectivity index (χ2v) is 16.8. The second-order valence-electron chi connectivity index (χ2n) is 16.8. The summed E-state index contributed by atoms with van der Waals surface area (Å²) < 4.78 is 0. The number of carbonyl (C=O) groups is 2. The Bertz CT molecular complexity index is 1530. The summed E-state index contributed by atoms with van der Waals surface area (Å²) in [5, 5.41) is 6.69. The Kier molecular flexibility index (Phi) is 9.49. The van der Waals surface area contributed by atoms with Crippen LogP contribution in [0.15, 0.2) is 78.9 Å². The van der Waals surface area contributed by atoms with Gasteiger partial charge in [-0.05, 0) is 143 Å². The highest BCUT2D eigenvalue weighted by atomic mass is 16.2. The molecule has 4 bridgehead atoms. The van der Waals surface area contributed by atoms with Crippen molar-refractivity contribution >= 4 is 11.8 Å². The standard InChI is InChI=1S/C45H56N4O2/c50-44(46-33-18-14-30(15-19-33)26-28-48-39-22-23-40(48)36-11-5-4-10-35(36)39)43(32-8-2-1-3-9-32)45(51)47-34-20-16-31(17-21-34)27-29-49-41-24-25-42(49)38-13-7-6-12-37(38)41/h1-13,30-31,33-34,39-43H,14-29H2,(H,46,50)(H,47,51). The summed E-state index contributed by atoms with van der Waals surface area (Å²) in [6.07, 6.45) is 16.3. The average molecular weight is 685 g/mol. The predicted molar refractivity (Wildman–Crippen MR) is 202 cm³/mol. The molecule has 4 heterocycles. The molecule has 2 saturated heterocycles. The lowest BCUT2D eigenvalue weighted by Crippen LogP contribution is -2.47. The second kappa shape index (κ2) is 14.5. The minimum Gasteiger partial charge on any atom is -0.352 e. The van der Waals surface area contributed by atoms with E-state index in [-0.39, 0.29) is 23.9 Å². The third-order valence-corrected chi connectivity index (χ3v) is 14.1. The number of carbonyl (C=O) groups excluding carboxylic acids is 2. The summed E-state index contributed by atoms with van der Waals surface area (Å²) in [5.74, 6) is 0.353. The van der Waals surface area contributed by atoms with Crippen molar-refractivity contribution in [3.63, 3.8) is 0 Å². The minimum atomic E-state index is -0.804. The Morgan fingerprint density at radius 3 is 1.22 bits per heavy atom. The first-order chi connectivity index (χ1) is 25.1. The molecular weight excluding hydrogens is 629 g/mol. The Balaban J connectivity index is 0.739. The molecule has 9 rings (SSSR count). The molecule has 51 heavy (non-hydrogen) atoms. The van der Waals surface area contributed by atoms with Crippen LogP contribution in [0, 0.1) is 11.8 Å². The molecule has 3 aromatic carbocycles. The van der Waals surface area contributed by atoms with Gasteiger partial charge in [-0.25, -0.2) is 0 Å². The van der Waals surface area contributed by atoms with Crippen molar-refractivity contribution in [2.75, 3.05) is 13.1 Å². The van der Waals surface area contributed by atoms with Crippen LogP contribution in [0.2, 0.25) is 0 Å². The molecule has 6 aliphatic rings. The van der Waals surface area contributed by atoms with Gasteiger partial charge < -0.3 is 10.6 Å². The van der Waals surface area contributed by atoms with Crippen LogP contribution < -0.4 is 10.6 Å². The molecule has 2 N–H and O–H groups in total. The van der Waals surface area contributed by atoms with Crippen molar-refractivity contribution in [3.05, 3.63) is 107 Å². The van der Waals surface area contributed by atoms with Crippen molar-refractivity contribution < 1.29 is 9.59 Å². The summed E-state index contributed by atoms with van der Waals surface area (Å²) in [6.45, 7) is 2.36. The molecule has 4 aliphatic heterocycles. The number of hydrogen-bond donors (Lipinski definition) is 2. The van der Waals surface area contributed by atoms with E-state index >= 15 is 0 Å². The monoisotopic (exact) mass is 684 g/mol. The van der Waals surface area contributed by atoms with Crippen LogP contribution >= 0.6 is 0 Å². The first kappa shape index (κ1) is 33.4. The van der Waals surface area contributed by atoms with Gasteiger partial charge in [0.25, 0.3) is 0 Å². The van der Waals surface area contributed by atoms with Gasteiger partial charge in [0.05, 0.1) is 0 Å². The summed E-state index contributed by atoms with van der Waals surface area (Å²) in [7, 11) is 0. The SMILES string of the molecule is O=C(NC1CCC(CCN2C3CCC2c2ccccc23)CC1)C(C(=O)NC1CCC(CCN2C3CCC2c2ccccc23)CC1)c1ccccc1. The van der Waals surface area contributed by atoms with Crippen molar-refractivity contribution in [3.8, 4) is 0 Å². The molecule has 2 amide bonds. The van der Waals surface area contributed by atoms with Crippen LogP contribution in [0.25, 0.3) is 0 Å². The molecule has 4 atom stereocenters. The highest BCUT2D eigenvalue weighted by Crippen LogP contribution is 2.54. The lowest BCUT2D eigenvalue weighted by atomic mass is 9.83. The quantitative estimate of drug-likeness (QED) is 0.199. The molecule has 6 heteroatoms. The van der Waals surface area contributed by atoms with Gasteiger partial charge in [0, 0.05) is 36.3 Å². The third kappa shape index (κ3) is 6.56. The van der Waals surface area contributed by atoms with Gasteiger partial charge in [0.1, 0.15) is 5.92 Å². The number of fused-ring (bicyclic) bond motifs is 10. The van der Waals surface area contributed by atoms with E-state index in [0.717, 1.165) is 56.9 Å². The highest BCUT2D eigenvalue weighted by Gasteiger charge is 2.44. The van der Waals surface area contributed by atoms with E-state index < -0.39 is 5.92 Å². The molecule has 0 aromatic heterocycles. The zero-order valence-electron chi connectivity index (χ0n) is 30.2. The van der Waals surface area contributed by atoms with Crippen LogP contribution in [-0.2, 0) is 9.59 Å². The molecular formula is C45H56N4O2. The molecule has 2 aliphatic carbocycles. The van der Waals surface area contributed by atoms with Crippen LogP contribution in [0.5, 0.6) is 0 Å². The smallest absolute Gasteiger partial charge is 0.237 e. The Labute approximate surface area is 304 Å². The molecule has 0 radical (unpaired) electrons. The summed E-state index contributed by atoms with van der Waals surface area (Å²) in [6, 6.07) is 30.6. The van der Waals surface area contributed by atoms with Gasteiger partial charge in [-0.15, -0.1) is 0 Å². The summed E-state index contributed by atoms with van der Waals surface area (Å²) >= 11 is 0. The first-order valence-corrected chi connectivity index (χ1v) is 20.5. The maximum absolute atomic E-state index is 13.9. The van der Waals surface area contributed by atoms with E-state index in [2.05, 4.69) is 69.0 Å². The van der Waals surface area contributed by atoms with Crippen LogP contribution in [0.3, 0.4) is 0 Å².